The van der Waals surface area contributed by atoms with Gasteiger partial charge < -0.3 is 20.3 Å². The van der Waals surface area contributed by atoms with E-state index in [0.717, 1.165) is 46.6 Å². The number of hydrogen-bond donors (Lipinski definition) is 2. The number of fused-ring (bicyclic) bond motifs is 1. The smallest absolute Gasteiger partial charge is 0.326 e. The van der Waals surface area contributed by atoms with Crippen molar-refractivity contribution < 1.29 is 14.3 Å². The van der Waals surface area contributed by atoms with Gasteiger partial charge in [0.1, 0.15) is 5.82 Å². The largest absolute Gasteiger partial charge is 0.378 e. The molecule has 216 valence electrons. The Hall–Kier alpha value is -5.35. The molecule has 0 saturated carbocycles. The monoisotopic (exact) mass is 573 g/mol. The number of hydrogen-bond acceptors (Lipinski definition) is 7. The average molecular weight is 574 g/mol. The number of rotatable bonds is 6. The van der Waals surface area contributed by atoms with Crippen molar-refractivity contribution >= 4 is 45.7 Å². The van der Waals surface area contributed by atoms with Crippen molar-refractivity contribution in [1.82, 2.24) is 15.0 Å². The number of carbonyl (C=O) groups excluding carboxylic acids is 2. The second-order valence-electron chi connectivity index (χ2n) is 10.2. The molecule has 0 unspecified atom stereocenters. The molecule has 6 rings (SSSR count). The summed E-state index contributed by atoms with van der Waals surface area (Å²) < 4.78 is 5.59. The van der Waals surface area contributed by atoms with Crippen LogP contribution in [0.25, 0.3) is 33.5 Å². The second-order valence-corrected chi connectivity index (χ2v) is 10.2. The lowest BCUT2D eigenvalue weighted by atomic mass is 10.1. The van der Waals surface area contributed by atoms with Crippen LogP contribution in [-0.2, 0) is 9.53 Å². The number of nitrogens with zero attached hydrogens (tertiary/aromatic N) is 5. The molecule has 0 bridgehead atoms. The SMILES string of the molecule is CC(=O)Nc1ccc(N(C)C(=O)Nc2ccc(-c3nc(N4CCOCC4)c4ccc(-c5ccccn5)cc4n3)cc2)cc1. The van der Waals surface area contributed by atoms with Gasteiger partial charge in [-0.05, 0) is 72.8 Å². The Labute approximate surface area is 249 Å². The highest BCUT2D eigenvalue weighted by Gasteiger charge is 2.19. The van der Waals surface area contributed by atoms with Crippen molar-refractivity contribution in [2.75, 3.05) is 53.8 Å². The van der Waals surface area contributed by atoms with E-state index < -0.39 is 0 Å². The fourth-order valence-electron chi connectivity index (χ4n) is 4.95. The van der Waals surface area contributed by atoms with Crippen LogP contribution in [0.4, 0.5) is 27.7 Å². The molecule has 2 aromatic heterocycles. The molecule has 0 spiro atoms. The van der Waals surface area contributed by atoms with Crippen LogP contribution >= 0.6 is 0 Å². The third kappa shape index (κ3) is 6.29. The van der Waals surface area contributed by atoms with E-state index in [1.54, 1.807) is 37.5 Å². The first-order chi connectivity index (χ1) is 20.9. The normalized spacial score (nSPS) is 13.0. The number of benzene rings is 3. The number of ether oxygens (including phenoxy) is 1. The van der Waals surface area contributed by atoms with Crippen molar-refractivity contribution in [3.05, 3.63) is 91.1 Å². The number of urea groups is 1. The first-order valence-electron chi connectivity index (χ1n) is 14.0. The van der Waals surface area contributed by atoms with Crippen LogP contribution in [0.1, 0.15) is 6.92 Å². The van der Waals surface area contributed by atoms with Crippen molar-refractivity contribution in [1.29, 1.82) is 0 Å². The number of aromatic nitrogens is 3. The minimum atomic E-state index is -0.293. The molecule has 0 radical (unpaired) electrons. The molecule has 1 aliphatic heterocycles. The van der Waals surface area contributed by atoms with Crippen molar-refractivity contribution in [2.24, 2.45) is 0 Å². The van der Waals surface area contributed by atoms with Crippen molar-refractivity contribution in [2.45, 2.75) is 6.92 Å². The molecular weight excluding hydrogens is 542 g/mol. The molecule has 10 nitrogen and oxygen atoms in total. The van der Waals surface area contributed by atoms with Crippen LogP contribution in [0.5, 0.6) is 0 Å². The van der Waals surface area contributed by atoms with Crippen molar-refractivity contribution in [3.8, 4) is 22.6 Å². The number of morpholine rings is 1. The van der Waals surface area contributed by atoms with Crippen molar-refractivity contribution in [3.63, 3.8) is 0 Å². The van der Waals surface area contributed by atoms with E-state index in [1.165, 1.54) is 11.8 Å². The van der Waals surface area contributed by atoms with Gasteiger partial charge in [0.25, 0.3) is 0 Å². The lowest BCUT2D eigenvalue weighted by Crippen LogP contribution is -2.37. The molecule has 3 aromatic carbocycles. The van der Waals surface area contributed by atoms with Gasteiger partial charge in [-0.1, -0.05) is 12.1 Å². The third-order valence-electron chi connectivity index (χ3n) is 7.22. The first-order valence-corrected chi connectivity index (χ1v) is 14.0. The Kier molecular flexibility index (Phi) is 7.92. The van der Waals surface area contributed by atoms with E-state index >= 15 is 0 Å². The third-order valence-corrected chi connectivity index (χ3v) is 7.22. The zero-order valence-corrected chi connectivity index (χ0v) is 23.9. The topological polar surface area (TPSA) is 113 Å². The van der Waals surface area contributed by atoms with Gasteiger partial charge in [0.15, 0.2) is 5.82 Å². The molecule has 2 N–H and O–H groups in total. The molecule has 10 heteroatoms. The Morgan fingerprint density at radius 3 is 2.23 bits per heavy atom. The zero-order valence-electron chi connectivity index (χ0n) is 23.9. The van der Waals surface area contributed by atoms with Gasteiger partial charge in [0.2, 0.25) is 5.91 Å². The lowest BCUT2D eigenvalue weighted by molar-refractivity contribution is -0.114. The molecule has 1 saturated heterocycles. The van der Waals surface area contributed by atoms with E-state index in [1.807, 2.05) is 42.5 Å². The summed E-state index contributed by atoms with van der Waals surface area (Å²) in [6, 6.07) is 26.3. The van der Waals surface area contributed by atoms with Crippen LogP contribution < -0.4 is 20.4 Å². The van der Waals surface area contributed by atoms with E-state index in [2.05, 4.69) is 38.7 Å². The van der Waals surface area contributed by atoms with Gasteiger partial charge in [-0.15, -0.1) is 0 Å². The Bertz CT molecular complexity index is 1750. The van der Waals surface area contributed by atoms with Crippen LogP contribution in [0.15, 0.2) is 91.1 Å². The molecule has 3 amide bonds. The van der Waals surface area contributed by atoms with Crippen LogP contribution in [0.2, 0.25) is 0 Å². The summed E-state index contributed by atoms with van der Waals surface area (Å²) in [4.78, 5) is 42.4. The number of amides is 3. The summed E-state index contributed by atoms with van der Waals surface area (Å²) in [7, 11) is 1.69. The minimum absolute atomic E-state index is 0.150. The van der Waals surface area contributed by atoms with E-state index in [4.69, 9.17) is 14.7 Å². The highest BCUT2D eigenvalue weighted by atomic mass is 16.5. The number of nitrogens with one attached hydrogen (secondary N) is 2. The summed E-state index contributed by atoms with van der Waals surface area (Å²) in [6.45, 7) is 4.25. The van der Waals surface area contributed by atoms with E-state index in [0.29, 0.717) is 36.1 Å². The summed E-state index contributed by atoms with van der Waals surface area (Å²) in [5.74, 6) is 1.32. The highest BCUT2D eigenvalue weighted by Crippen LogP contribution is 2.31. The summed E-state index contributed by atoms with van der Waals surface area (Å²) in [5.41, 5.74) is 5.53. The molecule has 43 heavy (non-hydrogen) atoms. The minimum Gasteiger partial charge on any atom is -0.378 e. The summed E-state index contributed by atoms with van der Waals surface area (Å²) >= 11 is 0. The van der Waals surface area contributed by atoms with Crippen LogP contribution in [0, 0.1) is 0 Å². The Morgan fingerprint density at radius 1 is 0.837 bits per heavy atom. The first kappa shape index (κ1) is 27.8. The lowest BCUT2D eigenvalue weighted by Gasteiger charge is -2.29. The maximum atomic E-state index is 12.9. The number of pyridine rings is 1. The fraction of sp³-hybridized carbons (Fsp3) is 0.182. The van der Waals surface area contributed by atoms with Gasteiger partial charge in [0, 0.05) is 66.8 Å². The number of anilines is 4. The molecule has 1 aliphatic rings. The molecule has 5 aromatic rings. The summed E-state index contributed by atoms with van der Waals surface area (Å²) in [5, 5.41) is 6.63. The highest BCUT2D eigenvalue weighted by molar-refractivity contribution is 6.01. The van der Waals surface area contributed by atoms with Gasteiger partial charge in [0.05, 0.1) is 24.4 Å². The van der Waals surface area contributed by atoms with Gasteiger partial charge >= 0.3 is 6.03 Å². The maximum Gasteiger partial charge on any atom is 0.326 e. The zero-order chi connectivity index (χ0) is 29.8. The summed E-state index contributed by atoms with van der Waals surface area (Å²) in [6.07, 6.45) is 1.78. The maximum absolute atomic E-state index is 12.9. The Balaban J connectivity index is 1.26. The van der Waals surface area contributed by atoms with Gasteiger partial charge in [-0.3, -0.25) is 14.7 Å². The molecular formula is C33H31N7O3. The molecule has 3 heterocycles. The van der Waals surface area contributed by atoms with Crippen LogP contribution in [0.3, 0.4) is 0 Å². The second kappa shape index (κ2) is 12.3. The predicted octanol–water partition coefficient (Wildman–Crippen LogP) is 5.82. The van der Waals surface area contributed by atoms with E-state index in [-0.39, 0.29) is 11.9 Å². The number of carbonyl (C=O) groups is 2. The molecule has 0 aliphatic carbocycles. The Morgan fingerprint density at radius 2 is 1.53 bits per heavy atom. The van der Waals surface area contributed by atoms with E-state index in [9.17, 15) is 9.59 Å². The average Bonchev–Trinajstić information content (AvgIpc) is 3.05. The molecule has 0 atom stereocenters. The van der Waals surface area contributed by atoms with Crippen LogP contribution in [-0.4, -0.2) is 60.2 Å². The molecule has 1 fully saturated rings. The quantitative estimate of drug-likeness (QED) is 0.263. The van der Waals surface area contributed by atoms with Gasteiger partial charge in [-0.25, -0.2) is 14.8 Å². The van der Waals surface area contributed by atoms with Gasteiger partial charge in [-0.2, -0.15) is 0 Å². The fourth-order valence-corrected chi connectivity index (χ4v) is 4.95. The standard InChI is InChI=1S/C33H31N7O3/c1-22(41)35-25-11-13-27(14-12-25)39(2)33(42)36-26-9-6-23(7-10-26)31-37-30-21-24(29-5-3-4-16-34-29)8-15-28(30)32(38-31)40-17-19-43-20-18-40/h3-16,21H,17-20H2,1-2H3,(H,35,41)(H,36,42). The predicted molar refractivity (Wildman–Crippen MR) is 169 cm³/mol.